The summed E-state index contributed by atoms with van der Waals surface area (Å²) in [4.78, 5) is 2.33. The summed E-state index contributed by atoms with van der Waals surface area (Å²) in [6.07, 6.45) is 8.55. The number of aliphatic hydroxyl groups is 2. The first-order valence-corrected chi connectivity index (χ1v) is 10.7. The van der Waals surface area contributed by atoms with Crippen molar-refractivity contribution < 1.29 is 14.9 Å². The Bertz CT molecular complexity index is 554. The van der Waals surface area contributed by atoms with Crippen LogP contribution in [-0.4, -0.2) is 59.6 Å². The Balaban J connectivity index is 1.43. The van der Waals surface area contributed by atoms with Gasteiger partial charge in [-0.3, -0.25) is 0 Å². The molecule has 3 N–H and O–H groups in total. The summed E-state index contributed by atoms with van der Waals surface area (Å²) < 4.78 is 5.93. The molecule has 0 radical (unpaired) electrons. The van der Waals surface area contributed by atoms with E-state index >= 15 is 0 Å². The lowest BCUT2D eigenvalue weighted by Gasteiger charge is -2.32. The molecule has 0 aromatic heterocycles. The summed E-state index contributed by atoms with van der Waals surface area (Å²) in [5, 5.41) is 24.3. The van der Waals surface area contributed by atoms with Crippen LogP contribution in [0.3, 0.4) is 0 Å². The maximum atomic E-state index is 10.6. The number of ether oxygens (including phenoxy) is 1. The van der Waals surface area contributed by atoms with E-state index in [2.05, 4.69) is 10.2 Å². The molecule has 0 bridgehead atoms. The Kier molecular flexibility index (Phi) is 7.94. The number of nitrogens with zero attached hydrogens (tertiary/aromatic N) is 1. The van der Waals surface area contributed by atoms with Gasteiger partial charge < -0.3 is 25.2 Å². The van der Waals surface area contributed by atoms with Crippen molar-refractivity contribution in [2.75, 3.05) is 32.8 Å². The third kappa shape index (κ3) is 6.75. The number of para-hydroxylation sites is 1. The Hall–Kier alpha value is -1.14. The molecule has 1 atom stereocenters. The lowest BCUT2D eigenvalue weighted by atomic mass is 9.85. The number of likely N-dealkylation sites (tertiary alicyclic amines) is 1. The van der Waals surface area contributed by atoms with Crippen molar-refractivity contribution in [3.63, 3.8) is 0 Å². The topological polar surface area (TPSA) is 65.0 Å². The smallest absolute Gasteiger partial charge is 0.123 e. The zero-order chi connectivity index (χ0) is 19.0. The lowest BCUT2D eigenvalue weighted by molar-refractivity contribution is 0.00461. The van der Waals surface area contributed by atoms with Gasteiger partial charge in [0.05, 0.1) is 5.60 Å². The van der Waals surface area contributed by atoms with Crippen molar-refractivity contribution in [3.8, 4) is 5.75 Å². The van der Waals surface area contributed by atoms with E-state index in [1.54, 1.807) is 0 Å². The summed E-state index contributed by atoms with van der Waals surface area (Å²) in [6.45, 7) is 4.46. The normalized spacial score (nSPS) is 21.7. The van der Waals surface area contributed by atoms with E-state index in [0.717, 1.165) is 50.1 Å². The van der Waals surface area contributed by atoms with Gasteiger partial charge in [0.25, 0.3) is 0 Å². The second kappa shape index (κ2) is 10.4. The molecule has 152 valence electrons. The molecule has 3 rings (SSSR count). The third-order valence-corrected chi connectivity index (χ3v) is 5.88. The first kappa shape index (κ1) is 20.6. The molecule has 1 aromatic carbocycles. The Morgan fingerprint density at radius 3 is 2.52 bits per heavy atom. The summed E-state index contributed by atoms with van der Waals surface area (Å²) in [5.41, 5.74) is 0.515. The number of hydrogen-bond acceptors (Lipinski definition) is 5. The van der Waals surface area contributed by atoms with Gasteiger partial charge in [-0.15, -0.1) is 0 Å². The quantitative estimate of drug-likeness (QED) is 0.618. The van der Waals surface area contributed by atoms with Crippen molar-refractivity contribution in [2.45, 2.75) is 69.6 Å². The lowest BCUT2D eigenvalue weighted by Crippen LogP contribution is -2.42. The van der Waals surface area contributed by atoms with E-state index in [9.17, 15) is 10.2 Å². The molecular weight excluding hydrogens is 340 g/mol. The molecule has 1 unspecified atom stereocenters. The SMILES string of the molecule is OC(COc1ccccc1CNCC1(O)CCCCC1)CN1CCCCC1. The van der Waals surface area contributed by atoms with E-state index in [1.807, 2.05) is 24.3 Å². The van der Waals surface area contributed by atoms with Crippen LogP contribution in [0.5, 0.6) is 5.75 Å². The van der Waals surface area contributed by atoms with Gasteiger partial charge in [-0.2, -0.15) is 0 Å². The van der Waals surface area contributed by atoms with Crippen LogP contribution in [0.15, 0.2) is 24.3 Å². The average Bonchev–Trinajstić information content (AvgIpc) is 2.68. The van der Waals surface area contributed by atoms with Crippen LogP contribution in [-0.2, 0) is 6.54 Å². The Labute approximate surface area is 163 Å². The molecule has 0 spiro atoms. The molecule has 2 fully saturated rings. The van der Waals surface area contributed by atoms with Gasteiger partial charge in [0.1, 0.15) is 18.5 Å². The minimum Gasteiger partial charge on any atom is -0.491 e. The number of nitrogens with one attached hydrogen (secondary N) is 1. The summed E-state index contributed by atoms with van der Waals surface area (Å²) in [5.74, 6) is 0.818. The maximum absolute atomic E-state index is 10.6. The number of β-amino-alcohol motifs (C(OH)–C–C–N with tert-alkyl or cyclic N) is 1. The third-order valence-electron chi connectivity index (χ3n) is 5.88. The minimum absolute atomic E-state index is 0.317. The first-order chi connectivity index (χ1) is 13.1. The van der Waals surface area contributed by atoms with E-state index < -0.39 is 11.7 Å². The molecule has 0 amide bonds. The fourth-order valence-corrected chi connectivity index (χ4v) is 4.29. The molecular formula is C22H36N2O3. The number of piperidine rings is 1. The highest BCUT2D eigenvalue weighted by atomic mass is 16.5. The van der Waals surface area contributed by atoms with Crippen molar-refractivity contribution in [1.29, 1.82) is 0 Å². The van der Waals surface area contributed by atoms with Crippen molar-refractivity contribution in [2.24, 2.45) is 0 Å². The molecule has 1 aliphatic carbocycles. The summed E-state index contributed by atoms with van der Waals surface area (Å²) in [6, 6.07) is 7.97. The largest absolute Gasteiger partial charge is 0.491 e. The molecule has 1 saturated heterocycles. The number of hydrogen-bond donors (Lipinski definition) is 3. The van der Waals surface area contributed by atoms with Crippen molar-refractivity contribution in [1.82, 2.24) is 10.2 Å². The van der Waals surface area contributed by atoms with Crippen LogP contribution in [0.25, 0.3) is 0 Å². The Morgan fingerprint density at radius 2 is 1.74 bits per heavy atom. The second-order valence-corrected chi connectivity index (χ2v) is 8.32. The van der Waals surface area contributed by atoms with Crippen LogP contribution < -0.4 is 10.1 Å². The molecule has 27 heavy (non-hydrogen) atoms. The first-order valence-electron chi connectivity index (χ1n) is 10.7. The zero-order valence-electron chi connectivity index (χ0n) is 16.5. The van der Waals surface area contributed by atoms with E-state index in [-0.39, 0.29) is 0 Å². The van der Waals surface area contributed by atoms with E-state index in [0.29, 0.717) is 26.2 Å². The highest BCUT2D eigenvalue weighted by Crippen LogP contribution is 2.27. The Morgan fingerprint density at radius 1 is 1.04 bits per heavy atom. The van der Waals surface area contributed by atoms with Crippen LogP contribution in [0.1, 0.15) is 56.9 Å². The van der Waals surface area contributed by atoms with Gasteiger partial charge in [-0.25, -0.2) is 0 Å². The van der Waals surface area contributed by atoms with Gasteiger partial charge in [-0.05, 0) is 44.8 Å². The highest BCUT2D eigenvalue weighted by molar-refractivity contribution is 5.33. The van der Waals surface area contributed by atoms with Crippen LogP contribution in [0, 0.1) is 0 Å². The van der Waals surface area contributed by atoms with Gasteiger partial charge in [0.15, 0.2) is 0 Å². The van der Waals surface area contributed by atoms with Crippen LogP contribution in [0.2, 0.25) is 0 Å². The predicted octanol–water partition coefficient (Wildman–Crippen LogP) is 2.70. The zero-order valence-corrected chi connectivity index (χ0v) is 16.5. The molecule has 1 aliphatic heterocycles. The average molecular weight is 377 g/mol. The maximum Gasteiger partial charge on any atom is 0.123 e. The molecule has 1 saturated carbocycles. The monoisotopic (exact) mass is 376 g/mol. The summed E-state index contributed by atoms with van der Waals surface area (Å²) in [7, 11) is 0. The van der Waals surface area contributed by atoms with E-state index in [1.165, 1.54) is 25.7 Å². The van der Waals surface area contributed by atoms with Crippen molar-refractivity contribution in [3.05, 3.63) is 29.8 Å². The number of aliphatic hydroxyl groups excluding tert-OH is 1. The van der Waals surface area contributed by atoms with Gasteiger partial charge in [0.2, 0.25) is 0 Å². The van der Waals surface area contributed by atoms with Gasteiger partial charge >= 0.3 is 0 Å². The molecule has 5 heteroatoms. The van der Waals surface area contributed by atoms with Crippen molar-refractivity contribution >= 4 is 0 Å². The molecule has 5 nitrogen and oxygen atoms in total. The fourth-order valence-electron chi connectivity index (χ4n) is 4.29. The summed E-state index contributed by atoms with van der Waals surface area (Å²) >= 11 is 0. The fraction of sp³-hybridized carbons (Fsp3) is 0.727. The highest BCUT2D eigenvalue weighted by Gasteiger charge is 2.28. The molecule has 1 heterocycles. The molecule has 1 aromatic rings. The van der Waals surface area contributed by atoms with Crippen LogP contribution >= 0.6 is 0 Å². The second-order valence-electron chi connectivity index (χ2n) is 8.32. The van der Waals surface area contributed by atoms with Gasteiger partial charge in [0, 0.05) is 25.2 Å². The number of rotatable bonds is 9. The van der Waals surface area contributed by atoms with Crippen LogP contribution in [0.4, 0.5) is 0 Å². The van der Waals surface area contributed by atoms with E-state index in [4.69, 9.17) is 4.74 Å². The standard InChI is InChI=1S/C22H36N2O3/c25-20(16-24-13-7-2-8-14-24)17-27-21-10-4-3-9-19(21)15-23-18-22(26)11-5-1-6-12-22/h3-4,9-10,20,23,25-26H,1-2,5-8,11-18H2. The van der Waals surface area contributed by atoms with Gasteiger partial charge in [-0.1, -0.05) is 43.9 Å². The predicted molar refractivity (Wildman–Crippen MR) is 108 cm³/mol. The molecule has 2 aliphatic rings. The number of benzene rings is 1. The minimum atomic E-state index is -0.557.